The number of nitrogens with zero attached hydrogens (tertiary/aromatic N) is 1. The lowest BCUT2D eigenvalue weighted by atomic mass is 9.99. The maximum absolute atomic E-state index is 4.45. The Bertz CT molecular complexity index is 313. The first kappa shape index (κ1) is 10.1. The van der Waals surface area contributed by atoms with Crippen LogP contribution in [-0.2, 0) is 6.54 Å². The lowest BCUT2D eigenvalue weighted by Crippen LogP contribution is -2.40. The van der Waals surface area contributed by atoms with Gasteiger partial charge in [-0.15, -0.1) is 11.3 Å². The minimum absolute atomic E-state index is 0.289. The van der Waals surface area contributed by atoms with Crippen LogP contribution in [0.25, 0.3) is 0 Å². The summed E-state index contributed by atoms with van der Waals surface area (Å²) < 4.78 is 0. The van der Waals surface area contributed by atoms with Crippen LogP contribution in [-0.4, -0.2) is 10.5 Å². The molecule has 1 N–H and O–H groups in total. The Morgan fingerprint density at radius 2 is 2.29 bits per heavy atom. The molecule has 1 aromatic heterocycles. The predicted molar refractivity (Wildman–Crippen MR) is 60.5 cm³/mol. The highest BCUT2D eigenvalue weighted by atomic mass is 32.1. The van der Waals surface area contributed by atoms with Crippen molar-refractivity contribution in [2.24, 2.45) is 5.92 Å². The fourth-order valence-corrected chi connectivity index (χ4v) is 2.37. The molecule has 0 aliphatic heterocycles. The molecule has 0 unspecified atom stereocenters. The van der Waals surface area contributed by atoms with Crippen molar-refractivity contribution in [3.8, 4) is 0 Å². The fourth-order valence-electron chi connectivity index (χ4n) is 1.76. The molecule has 0 spiro atoms. The number of aryl methyl sites for hydroxylation is 1. The minimum Gasteiger partial charge on any atom is -0.306 e. The summed E-state index contributed by atoms with van der Waals surface area (Å²) in [6, 6.07) is 0. The molecule has 78 valence electrons. The van der Waals surface area contributed by atoms with Crippen molar-refractivity contribution >= 4 is 11.3 Å². The molecule has 1 heterocycles. The van der Waals surface area contributed by atoms with Crippen LogP contribution in [0.3, 0.4) is 0 Å². The lowest BCUT2D eigenvalue weighted by molar-refractivity contribution is 0.338. The molecule has 2 nitrogen and oxygen atoms in total. The average molecular weight is 210 g/mol. The second-order valence-electron chi connectivity index (χ2n) is 4.71. The van der Waals surface area contributed by atoms with Gasteiger partial charge in [-0.25, -0.2) is 4.98 Å². The molecule has 0 aromatic carbocycles. The number of hydrogen-bond donors (Lipinski definition) is 1. The normalized spacial score (nSPS) is 17.4. The molecule has 2 rings (SSSR count). The fraction of sp³-hybridized carbons (Fsp3) is 0.727. The highest BCUT2D eigenvalue weighted by molar-refractivity contribution is 7.09. The molecule has 1 fully saturated rings. The van der Waals surface area contributed by atoms with E-state index in [1.54, 1.807) is 11.3 Å². The maximum Gasteiger partial charge on any atom is 0.0897 e. The minimum atomic E-state index is 0.289. The van der Waals surface area contributed by atoms with Gasteiger partial charge in [0.2, 0.25) is 0 Å². The zero-order valence-corrected chi connectivity index (χ0v) is 9.95. The third kappa shape index (κ3) is 2.34. The van der Waals surface area contributed by atoms with E-state index in [-0.39, 0.29) is 5.54 Å². The van der Waals surface area contributed by atoms with Crippen LogP contribution in [0.5, 0.6) is 0 Å². The Hall–Kier alpha value is -0.410. The smallest absolute Gasteiger partial charge is 0.0897 e. The van der Waals surface area contributed by atoms with Gasteiger partial charge >= 0.3 is 0 Å². The third-order valence-corrected chi connectivity index (χ3v) is 3.81. The number of rotatable bonds is 4. The third-order valence-electron chi connectivity index (χ3n) is 2.99. The predicted octanol–water partition coefficient (Wildman–Crippen LogP) is 2.73. The summed E-state index contributed by atoms with van der Waals surface area (Å²) in [6.07, 6.45) is 2.77. The summed E-state index contributed by atoms with van der Waals surface area (Å²) in [6.45, 7) is 7.56. The first-order valence-corrected chi connectivity index (χ1v) is 6.12. The van der Waals surface area contributed by atoms with Gasteiger partial charge in [0, 0.05) is 17.5 Å². The number of hydrogen-bond acceptors (Lipinski definition) is 3. The Morgan fingerprint density at radius 1 is 1.57 bits per heavy atom. The van der Waals surface area contributed by atoms with Gasteiger partial charge < -0.3 is 5.32 Å². The molecular weight excluding hydrogens is 192 g/mol. The van der Waals surface area contributed by atoms with E-state index in [2.05, 4.69) is 36.5 Å². The molecule has 3 heteroatoms. The van der Waals surface area contributed by atoms with Crippen LogP contribution >= 0.6 is 11.3 Å². The highest BCUT2D eigenvalue weighted by Crippen LogP contribution is 2.39. The molecule has 14 heavy (non-hydrogen) atoms. The van der Waals surface area contributed by atoms with Gasteiger partial charge in [0.15, 0.2) is 0 Å². The van der Waals surface area contributed by atoms with E-state index < -0.39 is 0 Å². The number of aromatic nitrogens is 1. The topological polar surface area (TPSA) is 24.9 Å². The Balaban J connectivity index is 1.87. The monoisotopic (exact) mass is 210 g/mol. The van der Waals surface area contributed by atoms with Crippen molar-refractivity contribution in [1.29, 1.82) is 0 Å². The first-order chi connectivity index (χ1) is 6.58. The molecule has 0 saturated heterocycles. The van der Waals surface area contributed by atoms with Gasteiger partial charge in [-0.1, -0.05) is 0 Å². The van der Waals surface area contributed by atoms with E-state index in [4.69, 9.17) is 0 Å². The first-order valence-electron chi connectivity index (χ1n) is 5.24. The van der Waals surface area contributed by atoms with Crippen molar-refractivity contribution in [3.63, 3.8) is 0 Å². The van der Waals surface area contributed by atoms with Crippen LogP contribution in [0.2, 0.25) is 0 Å². The van der Waals surface area contributed by atoms with E-state index in [1.807, 2.05) is 0 Å². The average Bonchev–Trinajstić information content (AvgIpc) is 2.89. The second kappa shape index (κ2) is 3.63. The molecule has 0 radical (unpaired) electrons. The zero-order chi connectivity index (χ0) is 10.2. The molecule has 0 atom stereocenters. The summed E-state index contributed by atoms with van der Waals surface area (Å²) in [5.41, 5.74) is 1.47. The highest BCUT2D eigenvalue weighted by Gasteiger charge is 2.37. The standard InChI is InChI=1S/C11H18N2S/c1-8-13-10(7-14-8)6-12-11(2,3)9-4-5-9/h7,9,12H,4-6H2,1-3H3. The number of thiazole rings is 1. The van der Waals surface area contributed by atoms with Gasteiger partial charge in [0.1, 0.15) is 0 Å². The molecular formula is C11H18N2S. The summed E-state index contributed by atoms with van der Waals surface area (Å²) in [4.78, 5) is 4.45. The zero-order valence-electron chi connectivity index (χ0n) is 9.13. The quantitative estimate of drug-likeness (QED) is 0.826. The summed E-state index contributed by atoms with van der Waals surface area (Å²) in [7, 11) is 0. The van der Waals surface area contributed by atoms with Crippen molar-refractivity contribution in [3.05, 3.63) is 16.1 Å². The van der Waals surface area contributed by atoms with Gasteiger partial charge in [0.25, 0.3) is 0 Å². The van der Waals surface area contributed by atoms with E-state index in [1.165, 1.54) is 18.5 Å². The van der Waals surface area contributed by atoms with Gasteiger partial charge in [-0.2, -0.15) is 0 Å². The Morgan fingerprint density at radius 3 is 2.79 bits per heavy atom. The van der Waals surface area contributed by atoms with E-state index in [0.29, 0.717) is 0 Å². The van der Waals surface area contributed by atoms with Crippen LogP contribution in [0, 0.1) is 12.8 Å². The van der Waals surface area contributed by atoms with E-state index >= 15 is 0 Å². The van der Waals surface area contributed by atoms with E-state index in [9.17, 15) is 0 Å². The Labute approximate surface area is 89.8 Å². The summed E-state index contributed by atoms with van der Waals surface area (Å²) in [5, 5.41) is 6.90. The number of nitrogens with one attached hydrogen (secondary N) is 1. The summed E-state index contributed by atoms with van der Waals surface area (Å²) >= 11 is 1.73. The molecule has 1 aliphatic rings. The SMILES string of the molecule is Cc1nc(CNC(C)(C)C2CC2)cs1. The van der Waals surface area contributed by atoms with E-state index in [0.717, 1.165) is 17.5 Å². The van der Waals surface area contributed by atoms with Gasteiger partial charge in [-0.05, 0) is 39.5 Å². The molecule has 1 saturated carbocycles. The van der Waals surface area contributed by atoms with Crippen molar-refractivity contribution < 1.29 is 0 Å². The van der Waals surface area contributed by atoms with Crippen LogP contribution in [0.15, 0.2) is 5.38 Å². The second-order valence-corrected chi connectivity index (χ2v) is 5.77. The van der Waals surface area contributed by atoms with Crippen LogP contribution in [0.4, 0.5) is 0 Å². The molecule has 1 aliphatic carbocycles. The summed E-state index contributed by atoms with van der Waals surface area (Å²) in [5.74, 6) is 0.877. The Kier molecular flexibility index (Phi) is 2.62. The van der Waals surface area contributed by atoms with Crippen molar-refractivity contribution in [2.75, 3.05) is 0 Å². The molecule has 1 aromatic rings. The lowest BCUT2D eigenvalue weighted by Gasteiger charge is -2.25. The van der Waals surface area contributed by atoms with Crippen LogP contribution < -0.4 is 5.32 Å². The van der Waals surface area contributed by atoms with Gasteiger partial charge in [-0.3, -0.25) is 0 Å². The van der Waals surface area contributed by atoms with Crippen molar-refractivity contribution in [1.82, 2.24) is 10.3 Å². The van der Waals surface area contributed by atoms with Crippen molar-refractivity contribution in [2.45, 2.75) is 45.7 Å². The van der Waals surface area contributed by atoms with Crippen LogP contribution in [0.1, 0.15) is 37.4 Å². The molecule has 0 amide bonds. The maximum atomic E-state index is 4.45. The largest absolute Gasteiger partial charge is 0.306 e. The molecule has 0 bridgehead atoms. The van der Waals surface area contributed by atoms with Gasteiger partial charge in [0.05, 0.1) is 10.7 Å².